The average Bonchev–Trinajstić information content (AvgIpc) is 2.80. The summed E-state index contributed by atoms with van der Waals surface area (Å²) in [5, 5.41) is 0. The fourth-order valence-electron chi connectivity index (χ4n) is 4.16. The Morgan fingerprint density at radius 1 is 1.07 bits per heavy atom. The smallest absolute Gasteiger partial charge is 0.248 e. The summed E-state index contributed by atoms with van der Waals surface area (Å²) in [6.07, 6.45) is 2.64. The molecule has 0 amide bonds. The van der Waals surface area contributed by atoms with Crippen LogP contribution in [0.3, 0.4) is 0 Å². The van der Waals surface area contributed by atoms with Gasteiger partial charge in [-0.3, -0.25) is 9.78 Å². The number of fused-ring (bicyclic) bond motifs is 3. The predicted octanol–water partition coefficient (Wildman–Crippen LogP) is 5.16. The fourth-order valence-corrected chi connectivity index (χ4v) is 4.16. The van der Waals surface area contributed by atoms with Crippen molar-refractivity contribution in [2.24, 2.45) is 0 Å². The molecule has 0 spiro atoms. The minimum absolute atomic E-state index is 0.0767. The first-order valence-corrected chi connectivity index (χ1v) is 9.47. The second-order valence-electron chi connectivity index (χ2n) is 7.55. The van der Waals surface area contributed by atoms with Crippen molar-refractivity contribution in [3.63, 3.8) is 0 Å². The van der Waals surface area contributed by atoms with Crippen molar-refractivity contribution >= 4 is 0 Å². The Balaban J connectivity index is 2.07. The average molecular weight is 362 g/mol. The number of hydrogen-bond acceptors (Lipinski definition) is 2. The number of aryl methyl sites for hydroxylation is 1. The Morgan fingerprint density at radius 3 is 2.52 bits per heavy atom. The lowest BCUT2D eigenvalue weighted by atomic mass is 9.88. The lowest BCUT2D eigenvalue weighted by Gasteiger charge is -2.21. The summed E-state index contributed by atoms with van der Waals surface area (Å²) in [6.45, 7) is 6.39. The molecule has 0 aliphatic heterocycles. The number of aromatic amines is 1. The lowest BCUT2D eigenvalue weighted by Crippen LogP contribution is -2.09. The molecule has 4 rings (SSSR count). The molecule has 1 N–H and O–H groups in total. The first kappa shape index (κ1) is 17.7. The van der Waals surface area contributed by atoms with E-state index in [1.165, 1.54) is 17.7 Å². The molecule has 27 heavy (non-hydrogen) atoms. The number of H-pyrrole nitrogens is 1. The van der Waals surface area contributed by atoms with Gasteiger partial charge in [0.2, 0.25) is 5.56 Å². The van der Waals surface area contributed by atoms with E-state index in [0.29, 0.717) is 0 Å². The molecule has 1 aliphatic carbocycles. The lowest BCUT2D eigenvalue weighted by molar-refractivity contribution is 0.628. The summed E-state index contributed by atoms with van der Waals surface area (Å²) in [5.41, 5.74) is 8.40. The molecular weight excluding hydrogens is 339 g/mol. The topological polar surface area (TPSA) is 45.8 Å². The first-order valence-electron chi connectivity index (χ1n) is 9.47. The van der Waals surface area contributed by atoms with Crippen LogP contribution in [0.4, 0.5) is 4.39 Å². The molecule has 0 bridgehead atoms. The summed E-state index contributed by atoms with van der Waals surface area (Å²) in [5.74, 6) is 0.0347. The van der Waals surface area contributed by atoms with Crippen molar-refractivity contribution in [3.8, 4) is 22.4 Å². The van der Waals surface area contributed by atoms with Crippen molar-refractivity contribution in [1.82, 2.24) is 9.97 Å². The van der Waals surface area contributed by atoms with E-state index < -0.39 is 0 Å². The van der Waals surface area contributed by atoms with E-state index in [1.807, 2.05) is 18.2 Å². The predicted molar refractivity (Wildman–Crippen MR) is 107 cm³/mol. The number of halogens is 1. The van der Waals surface area contributed by atoms with E-state index in [1.54, 1.807) is 6.07 Å². The van der Waals surface area contributed by atoms with Gasteiger partial charge in [-0.25, -0.2) is 4.39 Å². The second kappa shape index (κ2) is 6.76. The second-order valence-corrected chi connectivity index (χ2v) is 7.55. The van der Waals surface area contributed by atoms with Crippen LogP contribution < -0.4 is 5.56 Å². The summed E-state index contributed by atoms with van der Waals surface area (Å²) < 4.78 is 13.5. The van der Waals surface area contributed by atoms with Crippen molar-refractivity contribution < 1.29 is 4.39 Å². The van der Waals surface area contributed by atoms with Gasteiger partial charge in [-0.1, -0.05) is 26.0 Å². The Hall–Kier alpha value is -2.75. The Labute approximate surface area is 158 Å². The zero-order valence-corrected chi connectivity index (χ0v) is 15.9. The van der Waals surface area contributed by atoms with Gasteiger partial charge in [0.15, 0.2) is 0 Å². The molecule has 0 atom stereocenters. The number of nitrogens with zero attached hydrogens (tertiary/aromatic N) is 1. The van der Waals surface area contributed by atoms with Gasteiger partial charge in [-0.15, -0.1) is 0 Å². The highest BCUT2D eigenvalue weighted by Gasteiger charge is 2.24. The van der Waals surface area contributed by atoms with Gasteiger partial charge in [0.05, 0.1) is 5.69 Å². The summed E-state index contributed by atoms with van der Waals surface area (Å²) in [4.78, 5) is 19.8. The van der Waals surface area contributed by atoms with Gasteiger partial charge in [0.1, 0.15) is 5.82 Å². The molecule has 4 heteroatoms. The van der Waals surface area contributed by atoms with E-state index in [4.69, 9.17) is 4.98 Å². The highest BCUT2D eigenvalue weighted by molar-refractivity contribution is 5.80. The number of nitrogens with one attached hydrogen (secondary N) is 1. The molecule has 1 aromatic carbocycles. The van der Waals surface area contributed by atoms with Crippen LogP contribution in [0.1, 0.15) is 48.7 Å². The van der Waals surface area contributed by atoms with Crippen LogP contribution >= 0.6 is 0 Å². The Bertz CT molecular complexity index is 1060. The van der Waals surface area contributed by atoms with E-state index in [9.17, 15) is 9.18 Å². The maximum Gasteiger partial charge on any atom is 0.248 e. The molecule has 0 saturated carbocycles. The Morgan fingerprint density at radius 2 is 1.81 bits per heavy atom. The van der Waals surface area contributed by atoms with Gasteiger partial charge >= 0.3 is 0 Å². The van der Waals surface area contributed by atoms with E-state index in [-0.39, 0.29) is 17.3 Å². The van der Waals surface area contributed by atoms with E-state index >= 15 is 0 Å². The van der Waals surface area contributed by atoms with Gasteiger partial charge in [0.25, 0.3) is 0 Å². The maximum absolute atomic E-state index is 13.5. The molecule has 0 fully saturated rings. The van der Waals surface area contributed by atoms with Gasteiger partial charge in [0, 0.05) is 23.0 Å². The molecule has 0 saturated heterocycles. The zero-order valence-electron chi connectivity index (χ0n) is 15.9. The number of benzene rings is 1. The number of aromatic nitrogens is 2. The van der Waals surface area contributed by atoms with Crippen LogP contribution in [0.2, 0.25) is 0 Å². The molecule has 0 unspecified atom stereocenters. The highest BCUT2D eigenvalue weighted by atomic mass is 19.1. The largest absolute Gasteiger partial charge is 0.326 e. The summed E-state index contributed by atoms with van der Waals surface area (Å²) in [7, 11) is 0. The maximum atomic E-state index is 13.5. The molecule has 2 heterocycles. The minimum atomic E-state index is -0.233. The quantitative estimate of drug-likeness (QED) is 0.684. The van der Waals surface area contributed by atoms with Crippen LogP contribution in [0, 0.1) is 12.7 Å². The van der Waals surface area contributed by atoms with E-state index in [2.05, 4.69) is 25.8 Å². The van der Waals surface area contributed by atoms with Gasteiger partial charge < -0.3 is 4.98 Å². The highest BCUT2D eigenvalue weighted by Crippen LogP contribution is 2.40. The normalized spacial score (nSPS) is 13.2. The standard InChI is InChI=1S/C23H23FN2O/c1-13(2)22-14(3)21(15-7-9-16(24)10-8-15)18-5-4-6-19-17(23(18)26-22)11-12-20(27)25-19/h7-13H,4-6H2,1-3H3,(H,25,27). The molecular formula is C23H23FN2O. The molecule has 138 valence electrons. The first-order chi connectivity index (χ1) is 13.0. The van der Waals surface area contributed by atoms with Crippen LogP contribution in [-0.2, 0) is 12.8 Å². The van der Waals surface area contributed by atoms with Crippen molar-refractivity contribution in [1.29, 1.82) is 0 Å². The molecule has 1 aliphatic rings. The van der Waals surface area contributed by atoms with E-state index in [0.717, 1.165) is 58.6 Å². The number of rotatable bonds is 2. The number of hydrogen-bond donors (Lipinski definition) is 1. The third-order valence-corrected chi connectivity index (χ3v) is 5.37. The van der Waals surface area contributed by atoms with Gasteiger partial charge in [-0.05, 0) is 72.6 Å². The van der Waals surface area contributed by atoms with Crippen molar-refractivity contribution in [2.75, 3.05) is 0 Å². The Kier molecular flexibility index (Phi) is 4.42. The monoisotopic (exact) mass is 362 g/mol. The molecule has 0 radical (unpaired) electrons. The fraction of sp³-hybridized carbons (Fsp3) is 0.304. The summed E-state index contributed by atoms with van der Waals surface area (Å²) >= 11 is 0. The van der Waals surface area contributed by atoms with Crippen LogP contribution in [0.15, 0.2) is 41.2 Å². The molecule has 2 aromatic heterocycles. The molecule has 3 aromatic rings. The third-order valence-electron chi connectivity index (χ3n) is 5.37. The molecule has 3 nitrogen and oxygen atoms in total. The van der Waals surface area contributed by atoms with Crippen molar-refractivity contribution in [3.05, 3.63) is 75.1 Å². The zero-order chi connectivity index (χ0) is 19.1. The minimum Gasteiger partial charge on any atom is -0.326 e. The summed E-state index contributed by atoms with van der Waals surface area (Å²) in [6, 6.07) is 10.2. The van der Waals surface area contributed by atoms with Gasteiger partial charge in [-0.2, -0.15) is 0 Å². The van der Waals surface area contributed by atoms with Crippen molar-refractivity contribution in [2.45, 2.75) is 46.0 Å². The van der Waals surface area contributed by atoms with Crippen LogP contribution in [0.5, 0.6) is 0 Å². The van der Waals surface area contributed by atoms with Crippen LogP contribution in [0.25, 0.3) is 22.4 Å². The SMILES string of the molecule is Cc1c(C(C)C)nc2c(c1-c1ccc(F)cc1)CCCc1[nH]c(=O)ccc1-2. The van der Waals surface area contributed by atoms with Crippen LogP contribution in [-0.4, -0.2) is 9.97 Å². The number of pyridine rings is 2. The third kappa shape index (κ3) is 3.09.